The lowest BCUT2D eigenvalue weighted by Crippen LogP contribution is -2.32. The van der Waals surface area contributed by atoms with E-state index in [0.29, 0.717) is 25.3 Å². The third-order valence-electron chi connectivity index (χ3n) is 2.62. The molecule has 1 aromatic heterocycles. The Morgan fingerprint density at radius 2 is 2.17 bits per heavy atom. The highest BCUT2D eigenvalue weighted by Gasteiger charge is 2.29. The quantitative estimate of drug-likeness (QED) is 0.255. The predicted molar refractivity (Wildman–Crippen MR) is 95.6 cm³/mol. The number of rotatable bonds is 9. The van der Waals surface area contributed by atoms with Gasteiger partial charge >= 0.3 is 6.18 Å². The summed E-state index contributed by atoms with van der Waals surface area (Å²) in [7, 11) is 0. The number of guanidine groups is 1. The zero-order valence-electron chi connectivity index (χ0n) is 13.3. The fourth-order valence-electron chi connectivity index (χ4n) is 1.59. The summed E-state index contributed by atoms with van der Waals surface area (Å²) in [6.45, 7) is 2.46. The molecule has 0 aromatic carbocycles. The van der Waals surface area contributed by atoms with Crippen LogP contribution >= 0.6 is 24.0 Å². The molecule has 1 heterocycles. The van der Waals surface area contributed by atoms with Crippen LogP contribution in [0.1, 0.15) is 18.9 Å². The van der Waals surface area contributed by atoms with Crippen molar-refractivity contribution in [2.75, 3.05) is 26.4 Å². The Morgan fingerprint density at radius 1 is 1.42 bits per heavy atom. The molecule has 0 amide bonds. The third kappa shape index (κ3) is 10.5. The summed E-state index contributed by atoms with van der Waals surface area (Å²) in [5.74, 6) is 0.102. The van der Waals surface area contributed by atoms with Crippen LogP contribution < -0.4 is 15.8 Å². The minimum absolute atomic E-state index is 0. The first-order valence-corrected chi connectivity index (χ1v) is 7.17. The summed E-state index contributed by atoms with van der Waals surface area (Å²) in [6.07, 6.45) is -2.29. The van der Waals surface area contributed by atoms with Gasteiger partial charge in [-0.2, -0.15) is 13.2 Å². The molecule has 1 aromatic rings. The van der Waals surface area contributed by atoms with E-state index in [4.69, 9.17) is 10.5 Å². The van der Waals surface area contributed by atoms with Gasteiger partial charge in [0.2, 0.25) is 5.88 Å². The Hall–Kier alpha value is -1.30. The van der Waals surface area contributed by atoms with Crippen molar-refractivity contribution in [2.45, 2.75) is 26.1 Å². The highest BCUT2D eigenvalue weighted by molar-refractivity contribution is 14.0. The number of ether oxygens (including phenoxy) is 2. The number of nitrogens with one attached hydrogen (secondary N) is 1. The first-order chi connectivity index (χ1) is 10.9. The molecule has 0 fully saturated rings. The monoisotopic (exact) mass is 462 g/mol. The Balaban J connectivity index is 0.00000529. The second-order valence-corrected chi connectivity index (χ2v) is 4.55. The number of alkyl halides is 3. The van der Waals surface area contributed by atoms with Gasteiger partial charge in [-0.25, -0.2) is 9.98 Å². The van der Waals surface area contributed by atoms with Crippen molar-refractivity contribution in [3.05, 3.63) is 23.9 Å². The minimum Gasteiger partial charge on any atom is -0.468 e. The van der Waals surface area contributed by atoms with E-state index in [9.17, 15) is 13.2 Å². The van der Waals surface area contributed by atoms with Crippen molar-refractivity contribution in [3.8, 4) is 5.88 Å². The van der Waals surface area contributed by atoms with Crippen LogP contribution in [0.4, 0.5) is 13.2 Å². The van der Waals surface area contributed by atoms with Crippen molar-refractivity contribution >= 4 is 29.9 Å². The second-order valence-electron chi connectivity index (χ2n) is 4.55. The van der Waals surface area contributed by atoms with Gasteiger partial charge in [0, 0.05) is 31.5 Å². The fraction of sp³-hybridized carbons (Fsp3) is 0.571. The van der Waals surface area contributed by atoms with E-state index in [-0.39, 0.29) is 42.4 Å². The van der Waals surface area contributed by atoms with Crippen molar-refractivity contribution in [1.29, 1.82) is 0 Å². The van der Waals surface area contributed by atoms with Crippen LogP contribution in [0.15, 0.2) is 23.3 Å². The maximum Gasteiger partial charge on any atom is 0.422 e. The Labute approximate surface area is 156 Å². The number of halogens is 4. The number of hydrogen-bond donors (Lipinski definition) is 2. The number of aromatic nitrogens is 1. The number of nitrogens with zero attached hydrogens (tertiary/aromatic N) is 2. The summed E-state index contributed by atoms with van der Waals surface area (Å²) >= 11 is 0. The Kier molecular flexibility index (Phi) is 11.5. The maximum absolute atomic E-state index is 12.2. The standard InChI is InChI=1S/C14H21F3N4O2.HI/c1-2-22-8-4-7-20-13(18)21-9-11-5-3-6-19-12(11)23-10-14(15,16)17;/h3,5-6H,2,4,7-10H2,1H3,(H3,18,20,21);1H. The smallest absolute Gasteiger partial charge is 0.422 e. The fourth-order valence-corrected chi connectivity index (χ4v) is 1.59. The average Bonchev–Trinajstić information content (AvgIpc) is 2.50. The molecular weight excluding hydrogens is 440 g/mol. The molecule has 0 saturated heterocycles. The van der Waals surface area contributed by atoms with Crippen LogP contribution in [-0.4, -0.2) is 43.5 Å². The molecule has 6 nitrogen and oxygen atoms in total. The Morgan fingerprint density at radius 3 is 2.83 bits per heavy atom. The van der Waals surface area contributed by atoms with E-state index in [1.807, 2.05) is 6.92 Å². The molecule has 0 spiro atoms. The number of nitrogens with two attached hydrogens (primary N) is 1. The van der Waals surface area contributed by atoms with E-state index in [1.165, 1.54) is 6.20 Å². The predicted octanol–water partition coefficient (Wildman–Crippen LogP) is 2.47. The molecule has 24 heavy (non-hydrogen) atoms. The number of aliphatic imine (C=N–C) groups is 1. The first kappa shape index (κ1) is 22.7. The van der Waals surface area contributed by atoms with Gasteiger partial charge in [0.15, 0.2) is 12.6 Å². The summed E-state index contributed by atoms with van der Waals surface area (Å²) in [4.78, 5) is 7.84. The van der Waals surface area contributed by atoms with Gasteiger partial charge in [0.1, 0.15) is 0 Å². The third-order valence-corrected chi connectivity index (χ3v) is 2.62. The average molecular weight is 462 g/mol. The number of pyridine rings is 1. The molecule has 0 aliphatic carbocycles. The molecule has 0 saturated carbocycles. The maximum atomic E-state index is 12.2. The molecule has 0 atom stereocenters. The molecule has 0 unspecified atom stereocenters. The van der Waals surface area contributed by atoms with Crippen LogP contribution in [0, 0.1) is 0 Å². The van der Waals surface area contributed by atoms with Crippen LogP contribution in [0.25, 0.3) is 0 Å². The van der Waals surface area contributed by atoms with Gasteiger partial charge in [-0.05, 0) is 19.4 Å². The minimum atomic E-state index is -4.42. The van der Waals surface area contributed by atoms with Gasteiger partial charge in [0.25, 0.3) is 0 Å². The van der Waals surface area contributed by atoms with E-state index >= 15 is 0 Å². The van der Waals surface area contributed by atoms with Crippen molar-refractivity contribution in [3.63, 3.8) is 0 Å². The Bertz CT molecular complexity index is 501. The lowest BCUT2D eigenvalue weighted by molar-refractivity contribution is -0.154. The van der Waals surface area contributed by atoms with Crippen LogP contribution in [0.2, 0.25) is 0 Å². The van der Waals surface area contributed by atoms with Gasteiger partial charge in [-0.3, -0.25) is 0 Å². The van der Waals surface area contributed by atoms with Gasteiger partial charge in [-0.1, -0.05) is 6.07 Å². The summed E-state index contributed by atoms with van der Waals surface area (Å²) < 4.78 is 46.4. The molecule has 0 aliphatic rings. The van der Waals surface area contributed by atoms with Crippen LogP contribution in [0.3, 0.4) is 0 Å². The molecule has 0 aliphatic heterocycles. The van der Waals surface area contributed by atoms with Gasteiger partial charge < -0.3 is 20.5 Å². The topological polar surface area (TPSA) is 81.8 Å². The molecule has 3 N–H and O–H groups in total. The van der Waals surface area contributed by atoms with Gasteiger partial charge in [-0.15, -0.1) is 24.0 Å². The van der Waals surface area contributed by atoms with E-state index < -0.39 is 12.8 Å². The second kappa shape index (κ2) is 12.1. The molecule has 138 valence electrons. The van der Waals surface area contributed by atoms with Crippen molar-refractivity contribution in [2.24, 2.45) is 10.7 Å². The van der Waals surface area contributed by atoms with E-state index in [2.05, 4.69) is 20.0 Å². The zero-order valence-corrected chi connectivity index (χ0v) is 15.6. The number of hydrogen-bond acceptors (Lipinski definition) is 4. The van der Waals surface area contributed by atoms with E-state index in [1.54, 1.807) is 12.1 Å². The normalized spacial score (nSPS) is 11.8. The zero-order chi connectivity index (χ0) is 17.1. The molecular formula is C14H22F3IN4O2. The van der Waals surface area contributed by atoms with Crippen LogP contribution in [0.5, 0.6) is 5.88 Å². The molecule has 0 radical (unpaired) electrons. The lowest BCUT2D eigenvalue weighted by Gasteiger charge is -2.11. The summed E-state index contributed by atoms with van der Waals surface area (Å²) in [6, 6.07) is 3.18. The molecule has 1 rings (SSSR count). The first-order valence-electron chi connectivity index (χ1n) is 7.17. The highest BCUT2D eigenvalue weighted by Crippen LogP contribution is 2.20. The SMILES string of the molecule is CCOCCCNC(N)=NCc1cccnc1OCC(F)(F)F.I. The van der Waals surface area contributed by atoms with Gasteiger partial charge in [0.05, 0.1) is 6.54 Å². The molecule has 10 heteroatoms. The van der Waals surface area contributed by atoms with E-state index in [0.717, 1.165) is 6.42 Å². The summed E-state index contributed by atoms with van der Waals surface area (Å²) in [5.41, 5.74) is 6.11. The van der Waals surface area contributed by atoms with Crippen molar-refractivity contribution in [1.82, 2.24) is 10.3 Å². The lowest BCUT2D eigenvalue weighted by atomic mass is 10.3. The molecule has 0 bridgehead atoms. The summed E-state index contributed by atoms with van der Waals surface area (Å²) in [5, 5.41) is 2.89. The van der Waals surface area contributed by atoms with Crippen LogP contribution in [-0.2, 0) is 11.3 Å². The van der Waals surface area contributed by atoms with Crippen molar-refractivity contribution < 1.29 is 22.6 Å². The largest absolute Gasteiger partial charge is 0.468 e. The highest BCUT2D eigenvalue weighted by atomic mass is 127.